The van der Waals surface area contributed by atoms with Crippen molar-refractivity contribution in [2.45, 2.75) is 34.6 Å². The van der Waals surface area contributed by atoms with E-state index >= 15 is 0 Å². The first-order chi connectivity index (χ1) is 9.18. The molecule has 0 amide bonds. The number of carbonyl (C=O) groups is 2. The number of hydrogen-bond donors (Lipinski definition) is 0. The van der Waals surface area contributed by atoms with Crippen LogP contribution < -0.4 is 9.47 Å². The van der Waals surface area contributed by atoms with Crippen molar-refractivity contribution >= 4 is 11.9 Å². The van der Waals surface area contributed by atoms with Crippen LogP contribution in [0.3, 0.4) is 0 Å². The highest BCUT2D eigenvalue weighted by atomic mass is 16.5. The van der Waals surface area contributed by atoms with Crippen molar-refractivity contribution in [1.82, 2.24) is 0 Å². The maximum atomic E-state index is 11.8. The summed E-state index contributed by atoms with van der Waals surface area (Å²) >= 11 is 0. The molecule has 1 aromatic rings. The van der Waals surface area contributed by atoms with Gasteiger partial charge in [-0.05, 0) is 46.8 Å². The Hall–Kier alpha value is -2.10. The van der Waals surface area contributed by atoms with Crippen molar-refractivity contribution in [2.75, 3.05) is 0 Å². The molecule has 0 aliphatic rings. The maximum Gasteiger partial charge on any atom is 0.336 e. The average Bonchev–Trinajstić information content (AvgIpc) is 2.26. The van der Waals surface area contributed by atoms with Crippen LogP contribution in [0.25, 0.3) is 0 Å². The number of hydrogen-bond acceptors (Lipinski definition) is 4. The van der Waals surface area contributed by atoms with Gasteiger partial charge in [0.1, 0.15) is 11.5 Å². The third kappa shape index (κ3) is 5.26. The first-order valence-corrected chi connectivity index (χ1v) is 6.37. The summed E-state index contributed by atoms with van der Waals surface area (Å²) in [4.78, 5) is 23.3. The molecule has 0 saturated carbocycles. The molecule has 0 spiro atoms. The SMILES string of the molecule is CC(C)=CC(=O)Oc1cccc(OC(=O)C(C)(C)C)c1. The molecular formula is C16H20O4. The second-order valence-electron chi connectivity index (χ2n) is 5.76. The summed E-state index contributed by atoms with van der Waals surface area (Å²) in [7, 11) is 0. The van der Waals surface area contributed by atoms with Crippen molar-refractivity contribution in [1.29, 1.82) is 0 Å². The van der Waals surface area contributed by atoms with E-state index in [9.17, 15) is 9.59 Å². The standard InChI is InChI=1S/C16H20O4/c1-11(2)9-14(17)19-12-7-6-8-13(10-12)20-15(18)16(3,4)5/h6-10H,1-5H3. The normalized spacial score (nSPS) is 10.7. The molecule has 0 aliphatic carbocycles. The summed E-state index contributed by atoms with van der Waals surface area (Å²) in [6, 6.07) is 6.45. The lowest BCUT2D eigenvalue weighted by atomic mass is 9.97. The molecule has 0 radical (unpaired) electrons. The highest BCUT2D eigenvalue weighted by Gasteiger charge is 2.23. The Morgan fingerprint density at radius 1 is 1.05 bits per heavy atom. The zero-order valence-electron chi connectivity index (χ0n) is 12.5. The molecule has 0 bridgehead atoms. The van der Waals surface area contributed by atoms with E-state index in [1.807, 2.05) is 13.8 Å². The number of ether oxygens (including phenoxy) is 2. The molecule has 0 unspecified atom stereocenters. The Kier molecular flexibility index (Phi) is 5.08. The molecule has 0 N–H and O–H groups in total. The molecule has 1 rings (SSSR count). The molecule has 0 aliphatic heterocycles. The fourth-order valence-corrected chi connectivity index (χ4v) is 1.24. The summed E-state index contributed by atoms with van der Waals surface area (Å²) in [5.74, 6) is -0.103. The van der Waals surface area contributed by atoms with Gasteiger partial charge in [0.05, 0.1) is 5.41 Å². The van der Waals surface area contributed by atoms with E-state index in [2.05, 4.69) is 0 Å². The Balaban J connectivity index is 2.79. The third-order valence-electron chi connectivity index (χ3n) is 2.25. The molecule has 0 saturated heterocycles. The van der Waals surface area contributed by atoms with Crippen LogP contribution in [0.2, 0.25) is 0 Å². The largest absolute Gasteiger partial charge is 0.426 e. The van der Waals surface area contributed by atoms with E-state index in [1.54, 1.807) is 39.0 Å². The van der Waals surface area contributed by atoms with Crippen LogP contribution in [0.1, 0.15) is 34.6 Å². The van der Waals surface area contributed by atoms with E-state index in [-0.39, 0.29) is 5.97 Å². The van der Waals surface area contributed by atoms with Crippen LogP contribution in [0, 0.1) is 5.41 Å². The van der Waals surface area contributed by atoms with Crippen molar-refractivity contribution in [3.05, 3.63) is 35.9 Å². The molecule has 0 atom stereocenters. The fourth-order valence-electron chi connectivity index (χ4n) is 1.24. The Bertz CT molecular complexity index is 532. The summed E-state index contributed by atoms with van der Waals surface area (Å²) in [5.41, 5.74) is 0.264. The minimum atomic E-state index is -0.589. The molecular weight excluding hydrogens is 256 g/mol. The average molecular weight is 276 g/mol. The lowest BCUT2D eigenvalue weighted by molar-refractivity contribution is -0.143. The second-order valence-corrected chi connectivity index (χ2v) is 5.76. The van der Waals surface area contributed by atoms with Gasteiger partial charge in [0.2, 0.25) is 0 Å². The van der Waals surface area contributed by atoms with Gasteiger partial charge in [0, 0.05) is 12.1 Å². The Morgan fingerprint density at radius 2 is 1.60 bits per heavy atom. The van der Waals surface area contributed by atoms with Crippen LogP contribution in [-0.4, -0.2) is 11.9 Å². The van der Waals surface area contributed by atoms with Crippen molar-refractivity contribution in [2.24, 2.45) is 5.41 Å². The van der Waals surface area contributed by atoms with E-state index in [4.69, 9.17) is 9.47 Å². The number of esters is 2. The minimum absolute atomic E-state index is 0.340. The Morgan fingerprint density at radius 3 is 2.10 bits per heavy atom. The van der Waals surface area contributed by atoms with Crippen LogP contribution in [0.5, 0.6) is 11.5 Å². The number of carbonyl (C=O) groups excluding carboxylic acids is 2. The molecule has 1 aromatic carbocycles. The first-order valence-electron chi connectivity index (χ1n) is 6.37. The van der Waals surface area contributed by atoms with Gasteiger partial charge in [-0.2, -0.15) is 0 Å². The smallest absolute Gasteiger partial charge is 0.336 e. The first kappa shape index (κ1) is 16.0. The monoisotopic (exact) mass is 276 g/mol. The molecule has 0 aromatic heterocycles. The lowest BCUT2D eigenvalue weighted by Crippen LogP contribution is -2.25. The lowest BCUT2D eigenvalue weighted by Gasteiger charge is -2.16. The zero-order chi connectivity index (χ0) is 15.3. The molecule has 0 heterocycles. The van der Waals surface area contributed by atoms with E-state index in [1.165, 1.54) is 12.1 Å². The topological polar surface area (TPSA) is 52.6 Å². The predicted molar refractivity (Wildman–Crippen MR) is 76.6 cm³/mol. The van der Waals surface area contributed by atoms with E-state index in [0.29, 0.717) is 11.5 Å². The number of allylic oxidation sites excluding steroid dienone is 1. The number of rotatable bonds is 3. The van der Waals surface area contributed by atoms with Crippen molar-refractivity contribution in [3.63, 3.8) is 0 Å². The van der Waals surface area contributed by atoms with Gasteiger partial charge in [0.15, 0.2) is 0 Å². The van der Waals surface area contributed by atoms with Crippen LogP contribution >= 0.6 is 0 Å². The summed E-state index contributed by atoms with van der Waals surface area (Å²) in [6.45, 7) is 8.93. The van der Waals surface area contributed by atoms with Crippen LogP contribution in [0.4, 0.5) is 0 Å². The molecule has 0 fully saturated rings. The van der Waals surface area contributed by atoms with Gasteiger partial charge in [-0.1, -0.05) is 11.6 Å². The van der Waals surface area contributed by atoms with Gasteiger partial charge in [-0.25, -0.2) is 4.79 Å². The van der Waals surface area contributed by atoms with Gasteiger partial charge >= 0.3 is 11.9 Å². The maximum absolute atomic E-state index is 11.8. The summed E-state index contributed by atoms with van der Waals surface area (Å²) in [6.07, 6.45) is 1.40. The van der Waals surface area contributed by atoms with E-state index < -0.39 is 11.4 Å². The fraction of sp³-hybridized carbons (Fsp3) is 0.375. The van der Waals surface area contributed by atoms with Crippen molar-refractivity contribution < 1.29 is 19.1 Å². The predicted octanol–water partition coefficient (Wildman–Crippen LogP) is 3.51. The van der Waals surface area contributed by atoms with Gasteiger partial charge < -0.3 is 9.47 Å². The highest BCUT2D eigenvalue weighted by molar-refractivity contribution is 5.84. The van der Waals surface area contributed by atoms with Gasteiger partial charge in [-0.3, -0.25) is 4.79 Å². The minimum Gasteiger partial charge on any atom is -0.426 e. The molecule has 4 nitrogen and oxygen atoms in total. The van der Waals surface area contributed by atoms with Gasteiger partial charge in [-0.15, -0.1) is 0 Å². The second kappa shape index (κ2) is 6.37. The van der Waals surface area contributed by atoms with Crippen LogP contribution in [-0.2, 0) is 9.59 Å². The highest BCUT2D eigenvalue weighted by Crippen LogP contribution is 2.23. The van der Waals surface area contributed by atoms with Gasteiger partial charge in [0.25, 0.3) is 0 Å². The Labute approximate surface area is 119 Å². The van der Waals surface area contributed by atoms with Crippen LogP contribution in [0.15, 0.2) is 35.9 Å². The molecule has 20 heavy (non-hydrogen) atoms. The molecule has 4 heteroatoms. The quantitative estimate of drug-likeness (QED) is 0.481. The summed E-state index contributed by atoms with van der Waals surface area (Å²) in [5, 5.41) is 0. The zero-order valence-corrected chi connectivity index (χ0v) is 12.5. The third-order valence-corrected chi connectivity index (χ3v) is 2.25. The summed E-state index contributed by atoms with van der Waals surface area (Å²) < 4.78 is 10.4. The van der Waals surface area contributed by atoms with Crippen molar-refractivity contribution in [3.8, 4) is 11.5 Å². The van der Waals surface area contributed by atoms with E-state index in [0.717, 1.165) is 5.57 Å². The number of benzene rings is 1. The molecule has 108 valence electrons.